The molecule has 1 fully saturated rings. The Balaban J connectivity index is 2.26. The first-order valence-electron chi connectivity index (χ1n) is 5.37. The fourth-order valence-corrected chi connectivity index (χ4v) is 2.11. The highest BCUT2D eigenvalue weighted by Gasteiger charge is 2.26. The largest absolute Gasteiger partial charge is 0.496 e. The van der Waals surface area contributed by atoms with Crippen LogP contribution in [0.4, 0.5) is 0 Å². The highest BCUT2D eigenvalue weighted by molar-refractivity contribution is 5.36. The lowest BCUT2D eigenvalue weighted by atomic mass is 9.94. The molecule has 1 heterocycles. The van der Waals surface area contributed by atoms with Gasteiger partial charge in [-0.2, -0.15) is 0 Å². The molecule has 0 aliphatic carbocycles. The van der Waals surface area contributed by atoms with E-state index in [0.29, 0.717) is 0 Å². The molecule has 0 aromatic heterocycles. The average Bonchev–Trinajstić information content (AvgIpc) is 2.30. The van der Waals surface area contributed by atoms with Crippen molar-refractivity contribution < 1.29 is 9.84 Å². The first-order chi connectivity index (χ1) is 7.33. The lowest BCUT2D eigenvalue weighted by molar-refractivity contribution is 0.0953. The van der Waals surface area contributed by atoms with Crippen molar-refractivity contribution in [3.8, 4) is 5.75 Å². The van der Waals surface area contributed by atoms with E-state index in [9.17, 15) is 5.11 Å². The molecule has 2 atom stereocenters. The predicted octanol–water partition coefficient (Wildman–Crippen LogP) is 1.48. The van der Waals surface area contributed by atoms with Gasteiger partial charge in [-0.3, -0.25) is 0 Å². The third-order valence-electron chi connectivity index (χ3n) is 2.90. The average molecular weight is 207 g/mol. The van der Waals surface area contributed by atoms with Crippen LogP contribution in [0.25, 0.3) is 0 Å². The molecule has 1 aromatic rings. The van der Waals surface area contributed by atoms with Crippen LogP contribution < -0.4 is 10.1 Å². The Morgan fingerprint density at radius 3 is 2.93 bits per heavy atom. The van der Waals surface area contributed by atoms with Gasteiger partial charge in [-0.15, -0.1) is 0 Å². The van der Waals surface area contributed by atoms with Crippen LogP contribution in [0.3, 0.4) is 0 Å². The zero-order valence-corrected chi connectivity index (χ0v) is 8.94. The number of nitrogens with one attached hydrogen (secondary N) is 1. The van der Waals surface area contributed by atoms with Gasteiger partial charge >= 0.3 is 0 Å². The zero-order chi connectivity index (χ0) is 10.7. The quantitative estimate of drug-likeness (QED) is 0.772. The van der Waals surface area contributed by atoms with E-state index < -0.39 is 0 Å². The zero-order valence-electron chi connectivity index (χ0n) is 8.94. The van der Waals surface area contributed by atoms with E-state index in [1.807, 2.05) is 24.3 Å². The van der Waals surface area contributed by atoms with Gasteiger partial charge in [0, 0.05) is 5.56 Å². The molecule has 0 radical (unpaired) electrons. The smallest absolute Gasteiger partial charge is 0.123 e. The van der Waals surface area contributed by atoms with Gasteiger partial charge in [-0.25, -0.2) is 0 Å². The molecule has 2 rings (SSSR count). The van der Waals surface area contributed by atoms with Crippen molar-refractivity contribution >= 4 is 0 Å². The maximum Gasteiger partial charge on any atom is 0.123 e. The number of rotatable bonds is 2. The summed E-state index contributed by atoms with van der Waals surface area (Å²) in [6.07, 6.45) is 1.58. The van der Waals surface area contributed by atoms with Crippen LogP contribution in [0.1, 0.15) is 24.4 Å². The Morgan fingerprint density at radius 2 is 2.20 bits per heavy atom. The summed E-state index contributed by atoms with van der Waals surface area (Å²) in [5.74, 6) is 0.843. The van der Waals surface area contributed by atoms with Gasteiger partial charge in [0.1, 0.15) is 5.75 Å². The van der Waals surface area contributed by atoms with Crippen molar-refractivity contribution in [3.63, 3.8) is 0 Å². The molecule has 3 nitrogen and oxygen atoms in total. The second kappa shape index (κ2) is 4.64. The summed E-state index contributed by atoms with van der Waals surface area (Å²) in [4.78, 5) is 0. The molecule has 0 spiro atoms. The summed E-state index contributed by atoms with van der Waals surface area (Å²) in [6, 6.07) is 7.86. The van der Waals surface area contributed by atoms with Gasteiger partial charge in [0.15, 0.2) is 0 Å². The Kier molecular flexibility index (Phi) is 3.23. The number of hydrogen-bond acceptors (Lipinski definition) is 3. The summed E-state index contributed by atoms with van der Waals surface area (Å²) >= 11 is 0. The Morgan fingerprint density at radius 1 is 1.40 bits per heavy atom. The maximum atomic E-state index is 9.92. The van der Waals surface area contributed by atoms with Gasteiger partial charge in [-0.05, 0) is 25.5 Å². The van der Waals surface area contributed by atoms with Crippen molar-refractivity contribution in [2.75, 3.05) is 13.7 Å². The number of aliphatic hydroxyl groups excluding tert-OH is 1. The molecule has 0 bridgehead atoms. The van der Waals surface area contributed by atoms with E-state index >= 15 is 0 Å². The first kappa shape index (κ1) is 10.5. The normalized spacial score (nSPS) is 26.3. The SMILES string of the molecule is COc1ccccc1C1NCCCC1O. The van der Waals surface area contributed by atoms with Crippen LogP contribution in [0.2, 0.25) is 0 Å². The number of hydrogen-bond donors (Lipinski definition) is 2. The maximum absolute atomic E-state index is 9.92. The van der Waals surface area contributed by atoms with Crippen molar-refractivity contribution in [2.45, 2.75) is 25.0 Å². The lowest BCUT2D eigenvalue weighted by Crippen LogP contribution is -2.37. The minimum atomic E-state index is -0.310. The van der Waals surface area contributed by atoms with E-state index in [1.165, 1.54) is 0 Å². The topological polar surface area (TPSA) is 41.5 Å². The number of benzene rings is 1. The Bertz CT molecular complexity index is 327. The second-order valence-corrected chi connectivity index (χ2v) is 3.88. The van der Waals surface area contributed by atoms with Crippen LogP contribution in [0.5, 0.6) is 5.75 Å². The molecular formula is C12H17NO2. The van der Waals surface area contributed by atoms with Crippen molar-refractivity contribution in [1.82, 2.24) is 5.32 Å². The standard InChI is InChI=1S/C12H17NO2/c1-15-11-7-3-2-5-9(11)12-10(14)6-4-8-13-12/h2-3,5,7,10,12-14H,4,6,8H2,1H3. The van der Waals surface area contributed by atoms with E-state index in [2.05, 4.69) is 5.32 Å². The molecule has 2 N–H and O–H groups in total. The van der Waals surface area contributed by atoms with Crippen LogP contribution in [0, 0.1) is 0 Å². The second-order valence-electron chi connectivity index (χ2n) is 3.88. The van der Waals surface area contributed by atoms with Gasteiger partial charge in [0.2, 0.25) is 0 Å². The molecule has 1 saturated heterocycles. The van der Waals surface area contributed by atoms with Crippen molar-refractivity contribution in [2.24, 2.45) is 0 Å². The molecule has 0 saturated carbocycles. The molecule has 0 amide bonds. The Hall–Kier alpha value is -1.06. The van der Waals surface area contributed by atoms with E-state index in [-0.39, 0.29) is 12.1 Å². The number of aliphatic hydroxyl groups is 1. The molecule has 3 heteroatoms. The van der Waals surface area contributed by atoms with Crippen molar-refractivity contribution in [1.29, 1.82) is 0 Å². The minimum Gasteiger partial charge on any atom is -0.496 e. The number of para-hydroxylation sites is 1. The molecule has 1 aliphatic rings. The predicted molar refractivity (Wildman–Crippen MR) is 59.0 cm³/mol. The highest BCUT2D eigenvalue weighted by Crippen LogP contribution is 2.30. The summed E-state index contributed by atoms with van der Waals surface area (Å²) < 4.78 is 5.30. The van der Waals surface area contributed by atoms with Gasteiger partial charge in [-0.1, -0.05) is 18.2 Å². The van der Waals surface area contributed by atoms with Gasteiger partial charge in [0.05, 0.1) is 19.3 Å². The van der Waals surface area contributed by atoms with E-state index in [1.54, 1.807) is 7.11 Å². The molecular weight excluding hydrogens is 190 g/mol. The summed E-state index contributed by atoms with van der Waals surface area (Å²) in [7, 11) is 1.66. The Labute approximate surface area is 90.1 Å². The third-order valence-corrected chi connectivity index (χ3v) is 2.90. The number of methoxy groups -OCH3 is 1. The summed E-state index contributed by atoms with van der Waals surface area (Å²) in [5.41, 5.74) is 1.05. The highest BCUT2D eigenvalue weighted by atomic mass is 16.5. The fourth-order valence-electron chi connectivity index (χ4n) is 2.11. The fraction of sp³-hybridized carbons (Fsp3) is 0.500. The number of piperidine rings is 1. The van der Waals surface area contributed by atoms with Crippen molar-refractivity contribution in [3.05, 3.63) is 29.8 Å². The minimum absolute atomic E-state index is 0.00917. The van der Waals surface area contributed by atoms with E-state index in [0.717, 1.165) is 30.7 Å². The lowest BCUT2D eigenvalue weighted by Gasteiger charge is -2.30. The number of ether oxygens (including phenoxy) is 1. The van der Waals surface area contributed by atoms with Crippen LogP contribution in [-0.4, -0.2) is 24.9 Å². The molecule has 1 aliphatic heterocycles. The monoisotopic (exact) mass is 207 g/mol. The van der Waals surface area contributed by atoms with Gasteiger partial charge < -0.3 is 15.2 Å². The van der Waals surface area contributed by atoms with Crippen LogP contribution >= 0.6 is 0 Å². The molecule has 82 valence electrons. The van der Waals surface area contributed by atoms with Crippen LogP contribution in [-0.2, 0) is 0 Å². The molecule has 15 heavy (non-hydrogen) atoms. The van der Waals surface area contributed by atoms with E-state index in [4.69, 9.17) is 4.74 Å². The third kappa shape index (κ3) is 2.13. The first-order valence-corrected chi connectivity index (χ1v) is 5.37. The van der Waals surface area contributed by atoms with Gasteiger partial charge in [0.25, 0.3) is 0 Å². The summed E-state index contributed by atoms with van der Waals surface area (Å²) in [6.45, 7) is 0.958. The van der Waals surface area contributed by atoms with Crippen LogP contribution in [0.15, 0.2) is 24.3 Å². The summed E-state index contributed by atoms with van der Waals surface area (Å²) in [5, 5.41) is 13.3. The molecule has 2 unspecified atom stereocenters. The molecule has 1 aromatic carbocycles.